The van der Waals surface area contributed by atoms with Crippen molar-refractivity contribution in [3.8, 4) is 0 Å². The standard InChI is InChI=1S/C24H30I3N3O10/c1-11(31)37-9-15(39-13(3)33)7-29(5)23(35)17-19(25)18(21(27)22(28)20(17)26)24(36)30(6)8-16(40-14(4)34)10-38-12(2)32/h15-16H,7-10,28H2,1-6H3/t15-,16+. The maximum absolute atomic E-state index is 13.6. The fourth-order valence-corrected chi connectivity index (χ4v) is 7.44. The maximum Gasteiger partial charge on any atom is 0.303 e. The molecule has 40 heavy (non-hydrogen) atoms. The highest BCUT2D eigenvalue weighted by Gasteiger charge is 2.31. The number of nitrogen functional groups attached to an aromatic ring is 1. The number of hydrogen-bond acceptors (Lipinski definition) is 11. The number of ether oxygens (including phenoxy) is 4. The van der Waals surface area contributed by atoms with Gasteiger partial charge in [0.15, 0.2) is 12.2 Å². The molecule has 2 atom stereocenters. The van der Waals surface area contributed by atoms with Gasteiger partial charge in [0, 0.05) is 45.4 Å². The number of nitrogens with zero attached hydrogens (tertiary/aromatic N) is 2. The number of carbonyl (C=O) groups is 6. The van der Waals surface area contributed by atoms with Gasteiger partial charge in [0.1, 0.15) is 13.2 Å². The van der Waals surface area contributed by atoms with Crippen molar-refractivity contribution in [2.45, 2.75) is 39.9 Å². The van der Waals surface area contributed by atoms with Gasteiger partial charge in [0.25, 0.3) is 11.8 Å². The second kappa shape index (κ2) is 16.5. The van der Waals surface area contributed by atoms with Gasteiger partial charge in [0.2, 0.25) is 0 Å². The monoisotopic (exact) mass is 901 g/mol. The molecule has 1 aromatic rings. The average Bonchev–Trinajstić information content (AvgIpc) is 2.83. The fourth-order valence-electron chi connectivity index (χ4n) is 3.36. The number of rotatable bonds is 12. The molecular weight excluding hydrogens is 871 g/mol. The third kappa shape index (κ3) is 10.8. The number of esters is 4. The van der Waals surface area contributed by atoms with Crippen molar-refractivity contribution in [3.05, 3.63) is 21.8 Å². The minimum Gasteiger partial charge on any atom is -0.462 e. The van der Waals surface area contributed by atoms with Crippen molar-refractivity contribution in [2.75, 3.05) is 46.1 Å². The van der Waals surface area contributed by atoms with Crippen LogP contribution >= 0.6 is 67.8 Å². The molecule has 0 spiro atoms. The van der Waals surface area contributed by atoms with E-state index in [-0.39, 0.29) is 43.1 Å². The van der Waals surface area contributed by atoms with Crippen LogP contribution in [0, 0.1) is 10.7 Å². The number of amides is 2. The fraction of sp³-hybridized carbons (Fsp3) is 0.500. The highest BCUT2D eigenvalue weighted by molar-refractivity contribution is 14.1. The van der Waals surface area contributed by atoms with E-state index in [1.165, 1.54) is 51.6 Å². The van der Waals surface area contributed by atoms with Crippen LogP contribution in [0.4, 0.5) is 5.69 Å². The van der Waals surface area contributed by atoms with E-state index in [9.17, 15) is 28.8 Å². The predicted molar refractivity (Wildman–Crippen MR) is 167 cm³/mol. The molecule has 2 N–H and O–H groups in total. The molecule has 0 aromatic heterocycles. The van der Waals surface area contributed by atoms with Gasteiger partial charge in [-0.3, -0.25) is 28.8 Å². The molecule has 0 aliphatic rings. The summed E-state index contributed by atoms with van der Waals surface area (Å²) >= 11 is 5.74. The number of halogens is 3. The Labute approximate surface area is 272 Å². The Bertz CT molecular complexity index is 1090. The van der Waals surface area contributed by atoms with E-state index in [4.69, 9.17) is 24.7 Å². The number of benzene rings is 1. The van der Waals surface area contributed by atoms with Crippen LogP contribution in [0.2, 0.25) is 0 Å². The third-order valence-electron chi connectivity index (χ3n) is 5.04. The first-order valence-corrected chi connectivity index (χ1v) is 14.8. The molecular formula is C24H30I3N3O10. The lowest BCUT2D eigenvalue weighted by atomic mass is 10.1. The second-order valence-corrected chi connectivity index (χ2v) is 11.8. The summed E-state index contributed by atoms with van der Waals surface area (Å²) in [4.78, 5) is 75.2. The highest BCUT2D eigenvalue weighted by atomic mass is 127. The van der Waals surface area contributed by atoms with Crippen LogP contribution in [0.5, 0.6) is 0 Å². The summed E-state index contributed by atoms with van der Waals surface area (Å²) < 4.78 is 21.4. The molecule has 13 nitrogen and oxygen atoms in total. The van der Waals surface area contributed by atoms with Crippen LogP contribution in [-0.2, 0) is 38.1 Å². The van der Waals surface area contributed by atoms with Gasteiger partial charge in [0.05, 0.1) is 37.0 Å². The zero-order chi connectivity index (χ0) is 30.9. The van der Waals surface area contributed by atoms with Gasteiger partial charge in [-0.1, -0.05) is 0 Å². The number of likely N-dealkylation sites (N-methyl/N-ethyl adjacent to an activating group) is 2. The van der Waals surface area contributed by atoms with Gasteiger partial charge >= 0.3 is 23.9 Å². The first-order valence-electron chi connectivity index (χ1n) is 11.6. The summed E-state index contributed by atoms with van der Waals surface area (Å²) in [5.74, 6) is -3.40. The third-order valence-corrected chi connectivity index (χ3v) is 8.36. The Morgan fingerprint density at radius 1 is 0.650 bits per heavy atom. The van der Waals surface area contributed by atoms with Gasteiger partial charge in [-0.25, -0.2) is 0 Å². The molecule has 0 fully saturated rings. The van der Waals surface area contributed by atoms with Gasteiger partial charge in [-0.05, 0) is 67.8 Å². The average molecular weight is 901 g/mol. The maximum atomic E-state index is 13.6. The number of nitrogens with two attached hydrogens (primary N) is 1. The van der Waals surface area contributed by atoms with Crippen LogP contribution in [0.25, 0.3) is 0 Å². The van der Waals surface area contributed by atoms with Crippen LogP contribution in [0.15, 0.2) is 0 Å². The predicted octanol–water partition coefficient (Wildman–Crippen LogP) is 2.22. The molecule has 0 bridgehead atoms. The van der Waals surface area contributed by atoms with Gasteiger partial charge in [-0.2, -0.15) is 0 Å². The van der Waals surface area contributed by atoms with E-state index in [0.29, 0.717) is 10.7 Å². The Morgan fingerprint density at radius 3 is 1.25 bits per heavy atom. The lowest BCUT2D eigenvalue weighted by Crippen LogP contribution is -2.41. The van der Waals surface area contributed by atoms with Gasteiger partial charge < -0.3 is 34.5 Å². The first kappa shape index (κ1) is 36.1. The molecule has 0 heterocycles. The molecule has 2 amide bonds. The molecule has 0 aliphatic carbocycles. The van der Waals surface area contributed by atoms with Crippen molar-refractivity contribution >= 4 is 109 Å². The zero-order valence-corrected chi connectivity index (χ0v) is 29.1. The van der Waals surface area contributed by atoms with Crippen LogP contribution in [-0.4, -0.2) is 98.1 Å². The minimum absolute atomic E-state index is 0.104. The van der Waals surface area contributed by atoms with Gasteiger partial charge in [-0.15, -0.1) is 0 Å². The summed E-state index contributed by atoms with van der Waals surface area (Å²) in [7, 11) is 2.94. The molecule has 0 unspecified atom stereocenters. The quantitative estimate of drug-likeness (QED) is 0.141. The normalized spacial score (nSPS) is 12.0. The molecule has 0 radical (unpaired) electrons. The van der Waals surface area contributed by atoms with Crippen molar-refractivity contribution in [1.82, 2.24) is 9.80 Å². The smallest absolute Gasteiger partial charge is 0.303 e. The molecule has 16 heteroatoms. The van der Waals surface area contributed by atoms with E-state index in [1.807, 2.05) is 67.8 Å². The Kier molecular flexibility index (Phi) is 14.8. The zero-order valence-electron chi connectivity index (χ0n) is 22.7. The number of carbonyl (C=O) groups excluding carboxylic acids is 6. The number of hydrogen-bond donors (Lipinski definition) is 1. The van der Waals surface area contributed by atoms with Crippen LogP contribution in [0.1, 0.15) is 48.4 Å². The molecule has 0 aliphatic heterocycles. The van der Waals surface area contributed by atoms with E-state index in [1.54, 1.807) is 0 Å². The van der Waals surface area contributed by atoms with Crippen molar-refractivity contribution in [1.29, 1.82) is 0 Å². The Balaban J connectivity index is 3.37. The SMILES string of the molecule is CC(=O)OC[C@H](CN(C)C(=O)c1c(I)c(N)c(I)c(C(=O)N(C)C[C@H](COC(C)=O)OC(C)=O)c1I)OC(C)=O. The lowest BCUT2D eigenvalue weighted by molar-refractivity contribution is -0.156. The Hall–Kier alpha value is -1.97. The van der Waals surface area contributed by atoms with Crippen molar-refractivity contribution < 1.29 is 47.7 Å². The molecule has 1 rings (SSSR count). The largest absolute Gasteiger partial charge is 0.462 e. The Morgan fingerprint density at radius 2 is 0.975 bits per heavy atom. The molecule has 1 aromatic carbocycles. The molecule has 222 valence electrons. The summed E-state index contributed by atoms with van der Waals surface area (Å²) in [6, 6.07) is 0. The van der Waals surface area contributed by atoms with Crippen molar-refractivity contribution in [2.24, 2.45) is 0 Å². The van der Waals surface area contributed by atoms with Crippen LogP contribution in [0.3, 0.4) is 0 Å². The highest BCUT2D eigenvalue weighted by Crippen LogP contribution is 2.35. The molecule has 0 saturated heterocycles. The number of anilines is 1. The summed E-state index contributed by atoms with van der Waals surface area (Å²) in [6.45, 7) is 4.10. The van der Waals surface area contributed by atoms with E-state index in [2.05, 4.69) is 0 Å². The summed E-state index contributed by atoms with van der Waals surface area (Å²) in [5, 5.41) is 0. The van der Waals surface area contributed by atoms with Crippen molar-refractivity contribution in [3.63, 3.8) is 0 Å². The summed E-state index contributed by atoms with van der Waals surface area (Å²) in [6.07, 6.45) is -1.84. The van der Waals surface area contributed by atoms with E-state index in [0.717, 1.165) is 0 Å². The molecule has 0 saturated carbocycles. The second-order valence-electron chi connectivity index (χ2n) is 8.55. The van der Waals surface area contributed by atoms with E-state index < -0.39 is 47.9 Å². The lowest BCUT2D eigenvalue weighted by Gasteiger charge is -2.27. The minimum atomic E-state index is -0.922. The summed E-state index contributed by atoms with van der Waals surface area (Å²) in [5.41, 5.74) is 6.83. The first-order chi connectivity index (χ1) is 18.5. The van der Waals surface area contributed by atoms with E-state index >= 15 is 0 Å². The van der Waals surface area contributed by atoms with Crippen LogP contribution < -0.4 is 5.73 Å². The topological polar surface area (TPSA) is 172 Å².